The first-order valence-corrected chi connectivity index (χ1v) is 9.25. The molecule has 0 aliphatic carbocycles. The first-order chi connectivity index (χ1) is 12.9. The van der Waals surface area contributed by atoms with Crippen LogP contribution in [-0.2, 0) is 14.3 Å². The van der Waals surface area contributed by atoms with Crippen molar-refractivity contribution >= 4 is 35.0 Å². The first kappa shape index (κ1) is 18.9. The van der Waals surface area contributed by atoms with Crippen molar-refractivity contribution < 1.29 is 19.1 Å². The van der Waals surface area contributed by atoms with Gasteiger partial charge in [-0.25, -0.2) is 4.98 Å². The van der Waals surface area contributed by atoms with Crippen LogP contribution in [0.2, 0.25) is 0 Å². The highest BCUT2D eigenvalue weighted by molar-refractivity contribution is 8.18. The molecular weight excluding hydrogens is 366 g/mol. The number of carbonyl (C=O) groups is 3. The van der Waals surface area contributed by atoms with Crippen molar-refractivity contribution in [2.75, 3.05) is 13.2 Å². The van der Waals surface area contributed by atoms with Crippen LogP contribution in [0.15, 0.2) is 35.4 Å². The lowest BCUT2D eigenvalue weighted by Gasteiger charge is -2.10. The highest BCUT2D eigenvalue weighted by Gasteiger charge is 2.36. The van der Waals surface area contributed by atoms with E-state index in [2.05, 4.69) is 4.98 Å². The van der Waals surface area contributed by atoms with Gasteiger partial charge in [-0.1, -0.05) is 6.07 Å². The third-order valence-electron chi connectivity index (χ3n) is 4.10. The van der Waals surface area contributed by atoms with E-state index < -0.39 is 17.1 Å². The summed E-state index contributed by atoms with van der Waals surface area (Å²) in [7, 11) is 0. The fourth-order valence-electron chi connectivity index (χ4n) is 2.89. The minimum atomic E-state index is -0.602. The van der Waals surface area contributed by atoms with E-state index in [1.54, 1.807) is 19.2 Å². The van der Waals surface area contributed by atoms with Crippen LogP contribution < -0.4 is 0 Å². The standard InChI is InChI=1S/C19H19N3O4S/c1-4-26-17(23)11-21-18(24)15(27-19(21)25)10-14-9-12(2)22(13(14)3)16-7-5-6-8-20-16/h5-10H,4,11H2,1-3H3. The molecule has 0 radical (unpaired) electrons. The number of nitrogens with zero attached hydrogens (tertiary/aromatic N) is 3. The van der Waals surface area contributed by atoms with Gasteiger partial charge in [-0.15, -0.1) is 0 Å². The Morgan fingerprint density at radius 1 is 1.30 bits per heavy atom. The van der Waals surface area contributed by atoms with E-state index >= 15 is 0 Å². The Morgan fingerprint density at radius 3 is 2.74 bits per heavy atom. The smallest absolute Gasteiger partial charge is 0.326 e. The fraction of sp³-hybridized carbons (Fsp3) is 0.263. The van der Waals surface area contributed by atoms with Gasteiger partial charge in [0, 0.05) is 17.6 Å². The van der Waals surface area contributed by atoms with E-state index in [-0.39, 0.29) is 18.1 Å². The monoisotopic (exact) mass is 385 g/mol. The normalized spacial score (nSPS) is 15.7. The van der Waals surface area contributed by atoms with Gasteiger partial charge < -0.3 is 9.30 Å². The second-order valence-corrected chi connectivity index (χ2v) is 6.92. The summed E-state index contributed by atoms with van der Waals surface area (Å²) < 4.78 is 6.80. The lowest BCUT2D eigenvalue weighted by atomic mass is 10.2. The van der Waals surface area contributed by atoms with Gasteiger partial charge in [-0.2, -0.15) is 0 Å². The lowest BCUT2D eigenvalue weighted by Crippen LogP contribution is -2.34. The van der Waals surface area contributed by atoms with Crippen LogP contribution in [0.4, 0.5) is 4.79 Å². The zero-order valence-electron chi connectivity index (χ0n) is 15.3. The maximum absolute atomic E-state index is 12.5. The Bertz CT molecular complexity index is 934. The van der Waals surface area contributed by atoms with Crippen LogP contribution in [0.1, 0.15) is 23.9 Å². The molecule has 2 aromatic heterocycles. The van der Waals surface area contributed by atoms with Gasteiger partial charge in [0.15, 0.2) is 0 Å². The number of carbonyl (C=O) groups excluding carboxylic acids is 3. The molecule has 1 fully saturated rings. The molecule has 0 aromatic carbocycles. The van der Waals surface area contributed by atoms with Crippen LogP contribution >= 0.6 is 11.8 Å². The molecule has 2 aromatic rings. The first-order valence-electron chi connectivity index (χ1n) is 8.43. The van der Waals surface area contributed by atoms with Crippen molar-refractivity contribution in [1.29, 1.82) is 0 Å². The predicted octanol–water partition coefficient (Wildman–Crippen LogP) is 3.09. The largest absolute Gasteiger partial charge is 0.465 e. The average molecular weight is 385 g/mol. The Morgan fingerprint density at radius 2 is 2.07 bits per heavy atom. The number of amides is 2. The molecule has 0 unspecified atom stereocenters. The van der Waals surface area contributed by atoms with Gasteiger partial charge >= 0.3 is 5.97 Å². The molecule has 0 bridgehead atoms. The molecule has 3 rings (SSSR count). The average Bonchev–Trinajstić information content (AvgIpc) is 3.06. The Labute approximate surface area is 161 Å². The number of aryl methyl sites for hydroxylation is 1. The minimum Gasteiger partial charge on any atom is -0.465 e. The fourth-order valence-corrected chi connectivity index (χ4v) is 3.71. The summed E-state index contributed by atoms with van der Waals surface area (Å²) in [5, 5.41) is -0.474. The number of ether oxygens (including phenoxy) is 1. The second-order valence-electron chi connectivity index (χ2n) is 5.92. The molecule has 2 amide bonds. The molecule has 1 aliphatic rings. The van der Waals surface area contributed by atoms with Gasteiger partial charge in [-0.05, 0) is 62.4 Å². The van der Waals surface area contributed by atoms with Crippen molar-refractivity contribution in [2.24, 2.45) is 0 Å². The van der Waals surface area contributed by atoms with Crippen LogP contribution in [0.3, 0.4) is 0 Å². The number of aromatic nitrogens is 2. The Hall–Kier alpha value is -2.87. The Kier molecular flexibility index (Phi) is 5.46. The summed E-state index contributed by atoms with van der Waals surface area (Å²) in [6, 6.07) is 7.58. The second kappa shape index (κ2) is 7.79. The number of hydrogen-bond acceptors (Lipinski definition) is 6. The van der Waals surface area contributed by atoms with Crippen LogP contribution in [-0.4, -0.2) is 44.7 Å². The molecule has 8 heteroatoms. The molecule has 27 heavy (non-hydrogen) atoms. The Balaban J connectivity index is 1.89. The van der Waals surface area contributed by atoms with E-state index in [9.17, 15) is 14.4 Å². The molecular formula is C19H19N3O4S. The highest BCUT2D eigenvalue weighted by atomic mass is 32.2. The molecule has 0 N–H and O–H groups in total. The molecule has 0 spiro atoms. The summed E-state index contributed by atoms with van der Waals surface area (Å²) >= 11 is 0.822. The number of hydrogen-bond donors (Lipinski definition) is 0. The highest BCUT2D eigenvalue weighted by Crippen LogP contribution is 2.33. The van der Waals surface area contributed by atoms with Crippen molar-refractivity contribution in [2.45, 2.75) is 20.8 Å². The maximum Gasteiger partial charge on any atom is 0.326 e. The minimum absolute atomic E-state index is 0.199. The van der Waals surface area contributed by atoms with Crippen LogP contribution in [0.5, 0.6) is 0 Å². The summed E-state index contributed by atoms with van der Waals surface area (Å²) in [6.45, 7) is 5.37. The van der Waals surface area contributed by atoms with E-state index in [1.165, 1.54) is 0 Å². The maximum atomic E-state index is 12.5. The predicted molar refractivity (Wildman–Crippen MR) is 102 cm³/mol. The van der Waals surface area contributed by atoms with Crippen molar-refractivity contribution in [3.8, 4) is 5.82 Å². The van der Waals surface area contributed by atoms with Gasteiger partial charge in [0.2, 0.25) is 0 Å². The topological polar surface area (TPSA) is 81.5 Å². The summed E-state index contributed by atoms with van der Waals surface area (Å²) in [5.74, 6) is -0.308. The molecule has 0 atom stereocenters. The molecule has 7 nitrogen and oxygen atoms in total. The van der Waals surface area contributed by atoms with E-state index in [0.717, 1.165) is 39.4 Å². The van der Waals surface area contributed by atoms with Crippen molar-refractivity contribution in [3.63, 3.8) is 0 Å². The number of esters is 1. The molecule has 0 saturated carbocycles. The van der Waals surface area contributed by atoms with Gasteiger partial charge in [0.05, 0.1) is 11.5 Å². The number of pyridine rings is 1. The van der Waals surface area contributed by atoms with Crippen LogP contribution in [0.25, 0.3) is 11.9 Å². The van der Waals surface area contributed by atoms with Crippen LogP contribution in [0, 0.1) is 13.8 Å². The van der Waals surface area contributed by atoms with Crippen molar-refractivity contribution in [3.05, 3.63) is 52.3 Å². The molecule has 140 valence electrons. The quantitative estimate of drug-likeness (QED) is 0.581. The van der Waals surface area contributed by atoms with Gasteiger partial charge in [-0.3, -0.25) is 19.3 Å². The zero-order chi connectivity index (χ0) is 19.6. The van der Waals surface area contributed by atoms with E-state index in [4.69, 9.17) is 4.74 Å². The van der Waals surface area contributed by atoms with Crippen molar-refractivity contribution in [1.82, 2.24) is 14.5 Å². The zero-order valence-corrected chi connectivity index (χ0v) is 16.1. The number of imide groups is 1. The molecule has 3 heterocycles. The summed E-state index contributed by atoms with van der Waals surface area (Å²) in [4.78, 5) is 41.8. The summed E-state index contributed by atoms with van der Waals surface area (Å²) in [5.41, 5.74) is 2.69. The summed E-state index contributed by atoms with van der Waals surface area (Å²) in [6.07, 6.45) is 3.40. The SMILES string of the molecule is CCOC(=O)CN1C(=O)SC(=Cc2cc(C)n(-c3ccccn3)c2C)C1=O. The number of rotatable bonds is 5. The molecule has 1 saturated heterocycles. The third-order valence-corrected chi connectivity index (χ3v) is 5.01. The van der Waals surface area contributed by atoms with E-state index in [0.29, 0.717) is 0 Å². The molecule has 1 aliphatic heterocycles. The van der Waals surface area contributed by atoms with Gasteiger partial charge in [0.25, 0.3) is 11.1 Å². The van der Waals surface area contributed by atoms with E-state index in [1.807, 2.05) is 42.7 Å². The number of thioether (sulfide) groups is 1. The lowest BCUT2D eigenvalue weighted by molar-refractivity contribution is -0.145. The third kappa shape index (κ3) is 3.80. The van der Waals surface area contributed by atoms with Gasteiger partial charge in [0.1, 0.15) is 12.4 Å².